The molecule has 0 aliphatic heterocycles. The van der Waals surface area contributed by atoms with E-state index in [9.17, 15) is 4.79 Å². The van der Waals surface area contributed by atoms with Crippen molar-refractivity contribution in [2.24, 2.45) is 0 Å². The first-order valence-electron chi connectivity index (χ1n) is 3.33. The third-order valence-corrected chi connectivity index (χ3v) is 1.08. The van der Waals surface area contributed by atoms with Crippen LogP contribution in [0.15, 0.2) is 0 Å². The first-order chi connectivity index (χ1) is 4.74. The standard InChI is InChI=1S/C7H11NO2/c1-3-6(5-8)10-7(9)4-2/h6H,3-4H2,1-2H3. The minimum atomic E-state index is -0.563. The molecule has 56 valence electrons. The molecule has 1 unspecified atom stereocenters. The molecular formula is C7H11NO2. The van der Waals surface area contributed by atoms with Crippen LogP contribution >= 0.6 is 0 Å². The number of nitrogens with zero attached hydrogens (tertiary/aromatic N) is 1. The zero-order chi connectivity index (χ0) is 7.98. The van der Waals surface area contributed by atoms with Crippen LogP contribution in [0.2, 0.25) is 0 Å². The number of esters is 1. The number of hydrogen-bond acceptors (Lipinski definition) is 3. The Morgan fingerprint density at radius 2 is 2.30 bits per heavy atom. The molecule has 3 heteroatoms. The largest absolute Gasteiger partial charge is 0.447 e. The van der Waals surface area contributed by atoms with Crippen LogP contribution in [0.4, 0.5) is 0 Å². The maximum atomic E-state index is 10.6. The van der Waals surface area contributed by atoms with Crippen LogP contribution in [-0.2, 0) is 9.53 Å². The van der Waals surface area contributed by atoms with Crippen LogP contribution in [0, 0.1) is 11.3 Å². The quantitative estimate of drug-likeness (QED) is 0.555. The Balaban J connectivity index is 3.66. The monoisotopic (exact) mass is 141 g/mol. The van der Waals surface area contributed by atoms with E-state index in [2.05, 4.69) is 0 Å². The molecule has 1 atom stereocenters. The zero-order valence-electron chi connectivity index (χ0n) is 6.26. The summed E-state index contributed by atoms with van der Waals surface area (Å²) in [5, 5.41) is 8.34. The van der Waals surface area contributed by atoms with E-state index in [1.165, 1.54) is 0 Å². The highest BCUT2D eigenvalue weighted by Crippen LogP contribution is 1.97. The third kappa shape index (κ3) is 3.08. The SMILES string of the molecule is CCC(=O)OC(C#N)CC. The smallest absolute Gasteiger partial charge is 0.306 e. The summed E-state index contributed by atoms with van der Waals surface area (Å²) in [6.45, 7) is 3.50. The highest BCUT2D eigenvalue weighted by molar-refractivity contribution is 5.69. The van der Waals surface area contributed by atoms with Crippen molar-refractivity contribution in [2.75, 3.05) is 0 Å². The van der Waals surface area contributed by atoms with Crippen LogP contribution in [0.3, 0.4) is 0 Å². The lowest BCUT2D eigenvalue weighted by Crippen LogP contribution is -2.14. The second kappa shape index (κ2) is 4.80. The summed E-state index contributed by atoms with van der Waals surface area (Å²) in [7, 11) is 0. The van der Waals surface area contributed by atoms with Crippen molar-refractivity contribution in [1.29, 1.82) is 5.26 Å². The number of carbonyl (C=O) groups excluding carboxylic acids is 1. The second-order valence-corrected chi connectivity index (χ2v) is 1.87. The molecule has 0 heterocycles. The van der Waals surface area contributed by atoms with Crippen LogP contribution in [0.1, 0.15) is 26.7 Å². The fourth-order valence-electron chi connectivity index (χ4n) is 0.443. The summed E-state index contributed by atoms with van der Waals surface area (Å²) in [6, 6.07) is 1.87. The Morgan fingerprint density at radius 3 is 2.60 bits per heavy atom. The summed E-state index contributed by atoms with van der Waals surface area (Å²) in [6.07, 6.45) is 0.327. The molecule has 0 saturated heterocycles. The molecule has 0 aliphatic rings. The lowest BCUT2D eigenvalue weighted by molar-refractivity contribution is -0.146. The Bertz CT molecular complexity index is 148. The van der Waals surface area contributed by atoms with E-state index in [0.29, 0.717) is 12.8 Å². The van der Waals surface area contributed by atoms with Crippen LogP contribution in [-0.4, -0.2) is 12.1 Å². The maximum absolute atomic E-state index is 10.6. The van der Waals surface area contributed by atoms with Gasteiger partial charge in [-0.05, 0) is 6.42 Å². The van der Waals surface area contributed by atoms with Crippen molar-refractivity contribution < 1.29 is 9.53 Å². The van der Waals surface area contributed by atoms with Crippen molar-refractivity contribution in [3.63, 3.8) is 0 Å². The van der Waals surface area contributed by atoms with Gasteiger partial charge in [0.05, 0.1) is 0 Å². The fourth-order valence-corrected chi connectivity index (χ4v) is 0.443. The lowest BCUT2D eigenvalue weighted by Gasteiger charge is -2.05. The topological polar surface area (TPSA) is 50.1 Å². The first-order valence-corrected chi connectivity index (χ1v) is 3.33. The van der Waals surface area contributed by atoms with Gasteiger partial charge in [-0.25, -0.2) is 0 Å². The van der Waals surface area contributed by atoms with E-state index < -0.39 is 6.10 Å². The van der Waals surface area contributed by atoms with E-state index in [1.54, 1.807) is 13.8 Å². The molecule has 0 aromatic carbocycles. The molecule has 0 spiro atoms. The molecule has 0 saturated carbocycles. The average molecular weight is 141 g/mol. The Kier molecular flexibility index (Phi) is 4.30. The van der Waals surface area contributed by atoms with Gasteiger partial charge >= 0.3 is 5.97 Å². The number of hydrogen-bond donors (Lipinski definition) is 0. The molecule has 0 N–H and O–H groups in total. The van der Waals surface area contributed by atoms with E-state index in [1.807, 2.05) is 6.07 Å². The summed E-state index contributed by atoms with van der Waals surface area (Å²) in [4.78, 5) is 10.6. The Labute approximate surface area is 60.6 Å². The van der Waals surface area contributed by atoms with Gasteiger partial charge in [0.2, 0.25) is 0 Å². The molecule has 0 radical (unpaired) electrons. The van der Waals surface area contributed by atoms with Crippen molar-refractivity contribution in [3.05, 3.63) is 0 Å². The molecule has 0 amide bonds. The first kappa shape index (κ1) is 8.96. The van der Waals surface area contributed by atoms with Gasteiger partial charge in [-0.1, -0.05) is 13.8 Å². The number of nitriles is 1. The highest BCUT2D eigenvalue weighted by atomic mass is 16.5. The van der Waals surface area contributed by atoms with Crippen LogP contribution in [0.5, 0.6) is 0 Å². The second-order valence-electron chi connectivity index (χ2n) is 1.87. The number of carbonyl (C=O) groups is 1. The minimum absolute atomic E-state index is 0.312. The highest BCUT2D eigenvalue weighted by Gasteiger charge is 2.07. The molecular weight excluding hydrogens is 130 g/mol. The molecule has 10 heavy (non-hydrogen) atoms. The summed E-state index contributed by atoms with van der Waals surface area (Å²) < 4.78 is 4.70. The Hall–Kier alpha value is -1.04. The van der Waals surface area contributed by atoms with Crippen molar-refractivity contribution in [2.45, 2.75) is 32.8 Å². The number of rotatable bonds is 3. The van der Waals surface area contributed by atoms with E-state index >= 15 is 0 Å². The average Bonchev–Trinajstić information content (AvgIpc) is 1.99. The molecule has 0 aromatic heterocycles. The van der Waals surface area contributed by atoms with E-state index in [4.69, 9.17) is 10.00 Å². The van der Waals surface area contributed by atoms with Gasteiger partial charge in [-0.3, -0.25) is 4.79 Å². The van der Waals surface area contributed by atoms with E-state index in [0.717, 1.165) is 0 Å². The van der Waals surface area contributed by atoms with Crippen molar-refractivity contribution in [1.82, 2.24) is 0 Å². The normalized spacial score (nSPS) is 11.7. The molecule has 0 aromatic rings. The third-order valence-electron chi connectivity index (χ3n) is 1.08. The van der Waals surface area contributed by atoms with Gasteiger partial charge < -0.3 is 4.74 Å². The van der Waals surface area contributed by atoms with Crippen LogP contribution in [0.25, 0.3) is 0 Å². The lowest BCUT2D eigenvalue weighted by atomic mass is 10.3. The summed E-state index contributed by atoms with van der Waals surface area (Å²) in [5.41, 5.74) is 0. The Morgan fingerprint density at radius 1 is 1.70 bits per heavy atom. The van der Waals surface area contributed by atoms with Gasteiger partial charge in [0.15, 0.2) is 6.10 Å². The number of ether oxygens (including phenoxy) is 1. The zero-order valence-corrected chi connectivity index (χ0v) is 6.26. The summed E-state index contributed by atoms with van der Waals surface area (Å²) in [5.74, 6) is -0.312. The van der Waals surface area contributed by atoms with Gasteiger partial charge in [-0.15, -0.1) is 0 Å². The van der Waals surface area contributed by atoms with Crippen molar-refractivity contribution >= 4 is 5.97 Å². The van der Waals surface area contributed by atoms with Crippen molar-refractivity contribution in [3.8, 4) is 6.07 Å². The molecule has 0 rings (SSSR count). The molecule has 3 nitrogen and oxygen atoms in total. The van der Waals surface area contributed by atoms with Gasteiger partial charge in [0.1, 0.15) is 6.07 Å². The molecule has 0 bridgehead atoms. The van der Waals surface area contributed by atoms with Gasteiger partial charge in [-0.2, -0.15) is 5.26 Å². The maximum Gasteiger partial charge on any atom is 0.306 e. The fraction of sp³-hybridized carbons (Fsp3) is 0.714. The molecule has 0 aliphatic carbocycles. The van der Waals surface area contributed by atoms with Gasteiger partial charge in [0, 0.05) is 6.42 Å². The predicted octanol–water partition coefficient (Wildman–Crippen LogP) is 1.24. The predicted molar refractivity (Wildman–Crippen MR) is 36.1 cm³/mol. The molecule has 0 fully saturated rings. The van der Waals surface area contributed by atoms with Gasteiger partial charge in [0.25, 0.3) is 0 Å². The summed E-state index contributed by atoms with van der Waals surface area (Å²) >= 11 is 0. The minimum Gasteiger partial charge on any atom is -0.447 e. The van der Waals surface area contributed by atoms with Crippen LogP contribution < -0.4 is 0 Å². The van der Waals surface area contributed by atoms with E-state index in [-0.39, 0.29) is 5.97 Å².